The van der Waals surface area contributed by atoms with Gasteiger partial charge in [-0.3, -0.25) is 14.4 Å². The fraction of sp³-hybridized carbons (Fsp3) is 0.750. The first-order chi connectivity index (χ1) is 40.5. The lowest BCUT2D eigenvalue weighted by atomic mass is 10.0. The molecule has 82 heavy (non-hydrogen) atoms. The van der Waals surface area contributed by atoms with Gasteiger partial charge in [0.1, 0.15) is 13.2 Å². The summed E-state index contributed by atoms with van der Waals surface area (Å²) in [7, 11) is 0. The minimum absolute atomic E-state index is 0.0817. The molecule has 0 spiro atoms. The fourth-order valence-electron chi connectivity index (χ4n) is 10.1. The molecule has 0 fully saturated rings. The number of rotatable bonds is 64. The number of ether oxygens (including phenoxy) is 3. The molecule has 0 aliphatic rings. The second-order valence-corrected chi connectivity index (χ2v) is 23.4. The van der Waals surface area contributed by atoms with E-state index in [1.165, 1.54) is 180 Å². The number of carbonyl (C=O) groups excluding carboxylic acids is 3. The predicted molar refractivity (Wildman–Crippen MR) is 357 cm³/mol. The van der Waals surface area contributed by atoms with Crippen LogP contribution < -0.4 is 0 Å². The molecular formula is C76H132O6. The Labute approximate surface area is 508 Å². The van der Waals surface area contributed by atoms with Crippen molar-refractivity contribution in [2.75, 3.05) is 13.2 Å². The van der Waals surface area contributed by atoms with E-state index in [2.05, 4.69) is 118 Å². The van der Waals surface area contributed by atoms with Crippen LogP contribution in [0.15, 0.2) is 97.2 Å². The van der Waals surface area contributed by atoms with Crippen molar-refractivity contribution in [3.05, 3.63) is 97.2 Å². The normalized spacial score (nSPS) is 12.7. The molecule has 0 rings (SSSR count). The van der Waals surface area contributed by atoms with E-state index in [1.807, 2.05) is 0 Å². The van der Waals surface area contributed by atoms with Gasteiger partial charge in [-0.2, -0.15) is 0 Å². The summed E-state index contributed by atoms with van der Waals surface area (Å²) in [6.45, 7) is 6.45. The highest BCUT2D eigenvalue weighted by Crippen LogP contribution is 2.18. The lowest BCUT2D eigenvalue weighted by Gasteiger charge is -2.18. The molecule has 0 aliphatic carbocycles. The number of hydrogen-bond acceptors (Lipinski definition) is 6. The van der Waals surface area contributed by atoms with Crippen LogP contribution >= 0.6 is 0 Å². The van der Waals surface area contributed by atoms with Crippen molar-refractivity contribution in [2.45, 2.75) is 354 Å². The summed E-state index contributed by atoms with van der Waals surface area (Å²) < 4.78 is 17.0. The summed E-state index contributed by atoms with van der Waals surface area (Å²) in [6, 6.07) is 0. The minimum atomic E-state index is -0.787. The molecule has 1 atom stereocenters. The van der Waals surface area contributed by atoms with Crippen LogP contribution in [0.1, 0.15) is 348 Å². The van der Waals surface area contributed by atoms with Crippen LogP contribution in [0.3, 0.4) is 0 Å². The van der Waals surface area contributed by atoms with E-state index in [0.717, 1.165) is 128 Å². The largest absolute Gasteiger partial charge is 0.462 e. The van der Waals surface area contributed by atoms with Gasteiger partial charge < -0.3 is 14.2 Å². The smallest absolute Gasteiger partial charge is 0.306 e. The Morgan fingerprint density at radius 3 is 0.744 bits per heavy atom. The first kappa shape index (κ1) is 78.3. The van der Waals surface area contributed by atoms with E-state index in [4.69, 9.17) is 14.2 Å². The Bertz CT molecular complexity index is 1590. The van der Waals surface area contributed by atoms with Crippen LogP contribution in [0, 0.1) is 0 Å². The summed E-state index contributed by atoms with van der Waals surface area (Å²) in [4.78, 5) is 38.5. The van der Waals surface area contributed by atoms with Gasteiger partial charge >= 0.3 is 17.9 Å². The van der Waals surface area contributed by atoms with Crippen molar-refractivity contribution in [1.29, 1.82) is 0 Å². The molecule has 0 N–H and O–H groups in total. The zero-order chi connectivity index (χ0) is 59.2. The molecule has 0 aromatic heterocycles. The topological polar surface area (TPSA) is 78.9 Å². The first-order valence-electron chi connectivity index (χ1n) is 35.2. The molecule has 6 nitrogen and oxygen atoms in total. The van der Waals surface area contributed by atoms with Gasteiger partial charge in [0.05, 0.1) is 0 Å². The summed E-state index contributed by atoms with van der Waals surface area (Å²) in [5, 5.41) is 0. The van der Waals surface area contributed by atoms with Gasteiger partial charge in [0.25, 0.3) is 0 Å². The zero-order valence-corrected chi connectivity index (χ0v) is 54.2. The van der Waals surface area contributed by atoms with Gasteiger partial charge in [0, 0.05) is 19.3 Å². The summed E-state index contributed by atoms with van der Waals surface area (Å²) in [5.74, 6) is -0.883. The molecule has 0 saturated carbocycles. The number of unbranched alkanes of at least 4 members (excludes halogenated alkanes) is 37. The maximum Gasteiger partial charge on any atom is 0.306 e. The lowest BCUT2D eigenvalue weighted by Crippen LogP contribution is -2.30. The molecule has 0 aromatic carbocycles. The van der Waals surface area contributed by atoms with E-state index >= 15 is 0 Å². The third kappa shape index (κ3) is 67.1. The highest BCUT2D eigenvalue weighted by atomic mass is 16.6. The molecule has 0 bridgehead atoms. The van der Waals surface area contributed by atoms with Gasteiger partial charge in [-0.25, -0.2) is 0 Å². The van der Waals surface area contributed by atoms with Crippen molar-refractivity contribution in [2.24, 2.45) is 0 Å². The molecule has 0 aromatic rings. The van der Waals surface area contributed by atoms with Crippen molar-refractivity contribution in [1.82, 2.24) is 0 Å². The third-order valence-corrected chi connectivity index (χ3v) is 15.3. The number of carbonyl (C=O) groups is 3. The molecule has 6 heteroatoms. The van der Waals surface area contributed by atoms with Crippen LogP contribution in [0.25, 0.3) is 0 Å². The van der Waals surface area contributed by atoms with Gasteiger partial charge in [0.2, 0.25) is 0 Å². The third-order valence-electron chi connectivity index (χ3n) is 15.3. The van der Waals surface area contributed by atoms with Crippen LogP contribution in [0.4, 0.5) is 0 Å². The molecule has 0 radical (unpaired) electrons. The monoisotopic (exact) mass is 1140 g/mol. The maximum atomic E-state index is 13.0. The summed E-state index contributed by atoms with van der Waals surface area (Å²) in [5.41, 5.74) is 0. The molecule has 0 heterocycles. The fourth-order valence-corrected chi connectivity index (χ4v) is 10.1. The van der Waals surface area contributed by atoms with E-state index in [0.29, 0.717) is 19.3 Å². The highest BCUT2D eigenvalue weighted by molar-refractivity contribution is 5.71. The first-order valence-corrected chi connectivity index (χ1v) is 35.2. The van der Waals surface area contributed by atoms with Crippen molar-refractivity contribution in [3.63, 3.8) is 0 Å². The van der Waals surface area contributed by atoms with Gasteiger partial charge in [0.15, 0.2) is 6.10 Å². The number of hydrogen-bond donors (Lipinski definition) is 0. The summed E-state index contributed by atoms with van der Waals surface area (Å²) in [6.07, 6.45) is 94.3. The van der Waals surface area contributed by atoms with Gasteiger partial charge in [-0.05, 0) is 96.3 Å². The van der Waals surface area contributed by atoms with Crippen LogP contribution in [-0.4, -0.2) is 37.2 Å². The Kier molecular flexibility index (Phi) is 66.7. The van der Waals surface area contributed by atoms with Crippen molar-refractivity contribution < 1.29 is 28.6 Å². The Morgan fingerprint density at radius 2 is 0.476 bits per heavy atom. The van der Waals surface area contributed by atoms with E-state index in [-0.39, 0.29) is 31.1 Å². The summed E-state index contributed by atoms with van der Waals surface area (Å²) >= 11 is 0. The number of esters is 3. The van der Waals surface area contributed by atoms with Crippen molar-refractivity contribution >= 4 is 17.9 Å². The number of allylic oxidation sites excluding steroid dienone is 16. The Balaban J connectivity index is 4.31. The van der Waals surface area contributed by atoms with E-state index in [9.17, 15) is 14.4 Å². The molecule has 1 unspecified atom stereocenters. The second kappa shape index (κ2) is 69.8. The van der Waals surface area contributed by atoms with Crippen molar-refractivity contribution in [3.8, 4) is 0 Å². The van der Waals surface area contributed by atoms with Gasteiger partial charge in [-0.1, -0.05) is 330 Å². The lowest BCUT2D eigenvalue weighted by molar-refractivity contribution is -0.167. The molecule has 0 aliphatic heterocycles. The maximum absolute atomic E-state index is 13.0. The van der Waals surface area contributed by atoms with Crippen LogP contribution in [0.2, 0.25) is 0 Å². The Hall–Kier alpha value is -3.67. The van der Waals surface area contributed by atoms with Crippen LogP contribution in [-0.2, 0) is 28.6 Å². The quantitative estimate of drug-likeness (QED) is 0.0261. The Morgan fingerprint density at radius 1 is 0.256 bits per heavy atom. The molecule has 0 amide bonds. The highest BCUT2D eigenvalue weighted by Gasteiger charge is 2.19. The molecule has 0 saturated heterocycles. The van der Waals surface area contributed by atoms with E-state index < -0.39 is 6.10 Å². The standard InChI is InChI=1S/C76H132O6/c1-4-7-10-13-16-19-22-25-28-30-32-34-36-37-38-39-40-42-43-45-48-51-54-57-60-63-66-69-75(78)81-72-73(71-80-74(77)68-65-62-59-56-53-50-47-27-24-21-18-15-12-9-6-3)82-76(79)70-67-64-61-58-55-52-49-46-44-41-35-33-31-29-26-23-20-17-14-11-8-5-2/h7,9-10,12,16,18-19,21,25,27-28,32,34,37-38,47,73H,4-6,8,11,13-15,17,20,22-24,26,29-31,33,35-36,39-46,48-72H2,1-3H3/b10-7-,12-9-,19-16-,21-18-,28-25-,34-32-,38-37-,47-27-. The second-order valence-electron chi connectivity index (χ2n) is 23.4. The average Bonchev–Trinajstić information content (AvgIpc) is 3.47. The molecule has 472 valence electrons. The van der Waals surface area contributed by atoms with E-state index in [1.54, 1.807) is 0 Å². The molecular weight excluding hydrogens is 1010 g/mol. The SMILES string of the molecule is CC/C=C\C/C=C\C/C=C\C/C=C\C/C=C\CCCCCCCCCCCCCC(=O)OCC(COC(=O)CCCCCCC/C=C\C/C=C\C/C=C\CC)OC(=O)CCCCCCCCCCCCCCCCCCCCCCCC. The average molecular weight is 1140 g/mol. The van der Waals surface area contributed by atoms with Gasteiger partial charge in [-0.15, -0.1) is 0 Å². The zero-order valence-electron chi connectivity index (χ0n) is 54.2. The van der Waals surface area contributed by atoms with Crippen LogP contribution in [0.5, 0.6) is 0 Å². The predicted octanol–water partition coefficient (Wildman–Crippen LogP) is 24.4. The minimum Gasteiger partial charge on any atom is -0.462 e.